The van der Waals surface area contributed by atoms with E-state index in [-0.39, 0.29) is 11.8 Å². The van der Waals surface area contributed by atoms with E-state index < -0.39 is 0 Å². The Balaban J connectivity index is 2.04. The van der Waals surface area contributed by atoms with Crippen LogP contribution in [0.4, 0.5) is 17.1 Å². The topological polar surface area (TPSA) is 52.7 Å². The quantitative estimate of drug-likeness (QED) is 0.491. The van der Waals surface area contributed by atoms with Gasteiger partial charge in [0.2, 0.25) is 5.91 Å². The van der Waals surface area contributed by atoms with E-state index in [1.807, 2.05) is 29.2 Å². The van der Waals surface area contributed by atoms with Crippen LogP contribution in [0, 0.1) is 0 Å². The molecule has 3 rings (SSSR count). The summed E-state index contributed by atoms with van der Waals surface area (Å²) in [6.45, 7) is 8.37. The van der Waals surface area contributed by atoms with Gasteiger partial charge in [0.05, 0.1) is 22.6 Å². The molecule has 31 heavy (non-hydrogen) atoms. The zero-order chi connectivity index (χ0) is 22.4. The van der Waals surface area contributed by atoms with Crippen molar-refractivity contribution in [2.45, 2.75) is 65.7 Å². The fraction of sp³-hybridized carbons (Fsp3) is 0.520. The molecule has 0 fully saturated rings. The van der Waals surface area contributed by atoms with Crippen molar-refractivity contribution in [2.75, 3.05) is 30.4 Å². The highest BCUT2D eigenvalue weighted by Gasteiger charge is 2.34. The molecule has 0 radical (unpaired) electrons. The Morgan fingerprint density at radius 2 is 1.74 bits per heavy atom. The lowest BCUT2D eigenvalue weighted by Gasteiger charge is -2.25. The van der Waals surface area contributed by atoms with Crippen LogP contribution >= 0.6 is 11.3 Å². The number of benzene rings is 1. The molecule has 1 aromatic carbocycles. The van der Waals surface area contributed by atoms with Crippen LogP contribution in [0.25, 0.3) is 0 Å². The second-order valence-electron chi connectivity index (χ2n) is 8.28. The highest BCUT2D eigenvalue weighted by atomic mass is 32.1. The standard InChI is InChI=1S/C25H35N3O2S/c1-5-11-20-23-24(21(31-20)12-6-2)28(22(29)15-10-17-27(4)16-7-3)19-14-9-8-13-18(19)26-25(23)30/h8-9,13-14H,5-7,10-12,15-17H2,1-4H3,(H,26,30). The van der Waals surface area contributed by atoms with E-state index in [0.717, 1.165) is 72.7 Å². The number of hydrogen-bond donors (Lipinski definition) is 1. The Bertz CT molecular complexity index is 921. The number of fused-ring (bicyclic) bond motifs is 2. The summed E-state index contributed by atoms with van der Waals surface area (Å²) in [4.78, 5) is 33.2. The van der Waals surface area contributed by atoms with Gasteiger partial charge in [0, 0.05) is 16.2 Å². The highest BCUT2D eigenvalue weighted by Crippen LogP contribution is 2.46. The minimum Gasteiger partial charge on any atom is -0.320 e. The van der Waals surface area contributed by atoms with Gasteiger partial charge in [-0.05, 0) is 58.0 Å². The Labute approximate surface area is 190 Å². The molecule has 168 valence electrons. The number of thiophene rings is 1. The van der Waals surface area contributed by atoms with Crippen molar-refractivity contribution in [3.05, 3.63) is 39.6 Å². The lowest BCUT2D eigenvalue weighted by Crippen LogP contribution is -2.28. The van der Waals surface area contributed by atoms with Gasteiger partial charge in [-0.25, -0.2) is 0 Å². The molecule has 6 heteroatoms. The first kappa shape index (κ1) is 23.5. The maximum atomic E-state index is 13.6. The number of rotatable bonds is 10. The van der Waals surface area contributed by atoms with Gasteiger partial charge < -0.3 is 10.2 Å². The van der Waals surface area contributed by atoms with Crippen LogP contribution < -0.4 is 10.2 Å². The third-order valence-corrected chi connectivity index (χ3v) is 6.91. The van der Waals surface area contributed by atoms with E-state index in [1.165, 1.54) is 0 Å². The van der Waals surface area contributed by atoms with E-state index in [2.05, 4.69) is 38.0 Å². The lowest BCUT2D eigenvalue weighted by atomic mass is 10.1. The van der Waals surface area contributed by atoms with Gasteiger partial charge >= 0.3 is 0 Å². The number of amides is 2. The lowest BCUT2D eigenvalue weighted by molar-refractivity contribution is -0.118. The van der Waals surface area contributed by atoms with Crippen molar-refractivity contribution in [1.29, 1.82) is 0 Å². The normalized spacial score (nSPS) is 13.1. The maximum Gasteiger partial charge on any atom is 0.259 e. The summed E-state index contributed by atoms with van der Waals surface area (Å²) in [5.74, 6) is -0.0317. The Kier molecular flexibility index (Phi) is 8.27. The maximum absolute atomic E-state index is 13.6. The van der Waals surface area contributed by atoms with Crippen LogP contribution in [-0.4, -0.2) is 36.9 Å². The van der Waals surface area contributed by atoms with Crippen LogP contribution in [0.15, 0.2) is 24.3 Å². The van der Waals surface area contributed by atoms with Crippen molar-refractivity contribution in [3.8, 4) is 0 Å². The number of anilines is 3. The summed E-state index contributed by atoms with van der Waals surface area (Å²) in [6, 6.07) is 7.67. The molecule has 2 amide bonds. The second kappa shape index (κ2) is 10.9. The zero-order valence-corrected chi connectivity index (χ0v) is 20.1. The molecule has 2 aromatic rings. The summed E-state index contributed by atoms with van der Waals surface area (Å²) in [6.07, 6.45) is 6.04. The van der Waals surface area contributed by atoms with E-state index in [1.54, 1.807) is 11.3 Å². The Morgan fingerprint density at radius 3 is 2.45 bits per heavy atom. The molecule has 5 nitrogen and oxygen atoms in total. The summed E-state index contributed by atoms with van der Waals surface area (Å²) in [7, 11) is 2.10. The molecular formula is C25H35N3O2S. The van der Waals surface area contributed by atoms with Crippen molar-refractivity contribution in [2.24, 2.45) is 0 Å². The predicted octanol–water partition coefficient (Wildman–Crippen LogP) is 6.01. The number of carbonyl (C=O) groups is 2. The number of hydrogen-bond acceptors (Lipinski definition) is 4. The molecular weight excluding hydrogens is 406 g/mol. The molecule has 0 spiro atoms. The number of nitrogens with zero attached hydrogens (tertiary/aromatic N) is 2. The molecule has 1 aromatic heterocycles. The minimum atomic E-state index is -0.0949. The van der Waals surface area contributed by atoms with Crippen molar-refractivity contribution in [1.82, 2.24) is 4.90 Å². The summed E-state index contributed by atoms with van der Waals surface area (Å²) < 4.78 is 0. The van der Waals surface area contributed by atoms with Crippen molar-refractivity contribution in [3.63, 3.8) is 0 Å². The predicted molar refractivity (Wildman–Crippen MR) is 131 cm³/mol. The first-order valence-corrected chi connectivity index (χ1v) is 12.4. The van der Waals surface area contributed by atoms with E-state index in [4.69, 9.17) is 0 Å². The summed E-state index contributed by atoms with van der Waals surface area (Å²) in [5, 5.41) is 3.07. The second-order valence-corrected chi connectivity index (χ2v) is 9.47. The molecule has 0 unspecified atom stereocenters. The van der Waals surface area contributed by atoms with Gasteiger partial charge in [-0.2, -0.15) is 0 Å². The molecule has 0 saturated carbocycles. The van der Waals surface area contributed by atoms with Gasteiger partial charge in [-0.1, -0.05) is 45.7 Å². The smallest absolute Gasteiger partial charge is 0.259 e. The monoisotopic (exact) mass is 441 g/mol. The van der Waals surface area contributed by atoms with Crippen LogP contribution in [-0.2, 0) is 17.6 Å². The fourth-order valence-corrected chi connectivity index (χ4v) is 5.73. The average Bonchev–Trinajstić information content (AvgIpc) is 3.01. The molecule has 1 aliphatic rings. The van der Waals surface area contributed by atoms with Gasteiger partial charge in [-0.15, -0.1) is 11.3 Å². The number of para-hydroxylation sites is 2. The number of carbonyl (C=O) groups excluding carboxylic acids is 2. The third kappa shape index (κ3) is 5.18. The third-order valence-electron chi connectivity index (χ3n) is 5.61. The SMILES string of the molecule is CCCc1sc(CCC)c2c1C(=O)Nc1ccccc1N2C(=O)CCCN(C)CCC. The minimum absolute atomic E-state index is 0.0632. The average molecular weight is 442 g/mol. The van der Waals surface area contributed by atoms with E-state index in [0.29, 0.717) is 17.7 Å². The first-order chi connectivity index (χ1) is 15.0. The summed E-state index contributed by atoms with van der Waals surface area (Å²) >= 11 is 1.71. The number of aryl methyl sites for hydroxylation is 2. The van der Waals surface area contributed by atoms with E-state index >= 15 is 0 Å². The van der Waals surface area contributed by atoms with Gasteiger partial charge in [0.1, 0.15) is 0 Å². The van der Waals surface area contributed by atoms with Gasteiger partial charge in [0.15, 0.2) is 0 Å². The largest absolute Gasteiger partial charge is 0.320 e. The summed E-state index contributed by atoms with van der Waals surface area (Å²) in [5.41, 5.74) is 3.00. The Morgan fingerprint density at radius 1 is 1.03 bits per heavy atom. The highest BCUT2D eigenvalue weighted by molar-refractivity contribution is 7.13. The van der Waals surface area contributed by atoms with Crippen LogP contribution in [0.5, 0.6) is 0 Å². The molecule has 0 atom stereocenters. The zero-order valence-electron chi connectivity index (χ0n) is 19.3. The van der Waals surface area contributed by atoms with Gasteiger partial charge in [0.25, 0.3) is 5.91 Å². The van der Waals surface area contributed by atoms with Crippen LogP contribution in [0.2, 0.25) is 0 Å². The molecule has 1 aliphatic heterocycles. The fourth-order valence-electron chi connectivity index (χ4n) is 4.23. The molecule has 0 saturated heterocycles. The molecule has 1 N–H and O–H groups in total. The van der Waals surface area contributed by atoms with Crippen molar-refractivity contribution >= 4 is 40.2 Å². The van der Waals surface area contributed by atoms with E-state index in [9.17, 15) is 9.59 Å². The first-order valence-electron chi connectivity index (χ1n) is 11.6. The van der Waals surface area contributed by atoms with Crippen LogP contribution in [0.1, 0.15) is 73.0 Å². The molecule has 0 aliphatic carbocycles. The van der Waals surface area contributed by atoms with Crippen molar-refractivity contribution < 1.29 is 9.59 Å². The Hall–Kier alpha value is -2.18. The van der Waals surface area contributed by atoms with Gasteiger partial charge in [-0.3, -0.25) is 14.5 Å². The molecule has 0 bridgehead atoms. The van der Waals surface area contributed by atoms with Crippen LogP contribution in [0.3, 0.4) is 0 Å². The number of nitrogens with one attached hydrogen (secondary N) is 1. The molecule has 2 heterocycles.